The quantitative estimate of drug-likeness (QED) is 0.898. The van der Waals surface area contributed by atoms with Gasteiger partial charge in [0.1, 0.15) is 0 Å². The van der Waals surface area contributed by atoms with Crippen LogP contribution in [0.15, 0.2) is 42.5 Å². The fourth-order valence-corrected chi connectivity index (χ4v) is 2.10. The van der Waals surface area contributed by atoms with Crippen LogP contribution in [0.3, 0.4) is 0 Å². The lowest BCUT2D eigenvalue weighted by molar-refractivity contribution is 0.100. The van der Waals surface area contributed by atoms with E-state index in [1.165, 1.54) is 11.1 Å². The van der Waals surface area contributed by atoms with Crippen LogP contribution >= 0.6 is 11.6 Å². The molecule has 0 aliphatic heterocycles. The molecule has 1 amide bonds. The minimum atomic E-state index is -0.518. The lowest BCUT2D eigenvalue weighted by Crippen LogP contribution is -2.11. The van der Waals surface area contributed by atoms with Crippen LogP contribution in [0.25, 0.3) is 0 Å². The summed E-state index contributed by atoms with van der Waals surface area (Å²) in [4.78, 5) is 11.1. The molecule has 98 valence electrons. The maximum Gasteiger partial charge on any atom is 0.250 e. The van der Waals surface area contributed by atoms with Gasteiger partial charge in [0, 0.05) is 12.2 Å². The second-order valence-corrected chi connectivity index (χ2v) is 4.75. The molecule has 4 heteroatoms. The Balaban J connectivity index is 2.11. The maximum absolute atomic E-state index is 11.1. The molecular formula is C15H15ClN2O. The van der Waals surface area contributed by atoms with E-state index >= 15 is 0 Å². The average molecular weight is 275 g/mol. The summed E-state index contributed by atoms with van der Waals surface area (Å²) in [6.07, 6.45) is 0. The fraction of sp³-hybridized carbons (Fsp3) is 0.133. The zero-order valence-electron chi connectivity index (χ0n) is 10.6. The molecule has 0 radical (unpaired) electrons. The van der Waals surface area contributed by atoms with E-state index in [0.29, 0.717) is 17.1 Å². The van der Waals surface area contributed by atoms with Crippen molar-refractivity contribution in [2.75, 3.05) is 5.32 Å². The highest BCUT2D eigenvalue weighted by molar-refractivity contribution is 6.34. The van der Waals surface area contributed by atoms with Crippen LogP contribution in [0.2, 0.25) is 5.02 Å². The Bertz CT molecular complexity index is 611. The summed E-state index contributed by atoms with van der Waals surface area (Å²) in [5.41, 5.74) is 8.85. The summed E-state index contributed by atoms with van der Waals surface area (Å²) >= 11 is 6.00. The van der Waals surface area contributed by atoms with Gasteiger partial charge in [-0.1, -0.05) is 35.9 Å². The normalized spacial score (nSPS) is 10.2. The molecule has 0 saturated carbocycles. The number of hydrogen-bond acceptors (Lipinski definition) is 2. The molecule has 19 heavy (non-hydrogen) atoms. The van der Waals surface area contributed by atoms with E-state index in [1.54, 1.807) is 18.2 Å². The van der Waals surface area contributed by atoms with Crippen LogP contribution in [0.4, 0.5) is 5.69 Å². The van der Waals surface area contributed by atoms with Gasteiger partial charge in [0.05, 0.1) is 10.6 Å². The Hall–Kier alpha value is -2.00. The first-order valence-corrected chi connectivity index (χ1v) is 6.33. The second-order valence-electron chi connectivity index (χ2n) is 4.34. The summed E-state index contributed by atoms with van der Waals surface area (Å²) in [7, 11) is 0. The highest BCUT2D eigenvalue weighted by Crippen LogP contribution is 2.21. The molecule has 0 heterocycles. The van der Waals surface area contributed by atoms with Gasteiger partial charge in [0.15, 0.2) is 0 Å². The smallest absolute Gasteiger partial charge is 0.250 e. The Morgan fingerprint density at radius 1 is 1.26 bits per heavy atom. The maximum atomic E-state index is 11.1. The van der Waals surface area contributed by atoms with Gasteiger partial charge in [-0.15, -0.1) is 0 Å². The molecule has 2 rings (SSSR count). The number of hydrogen-bond donors (Lipinski definition) is 2. The Morgan fingerprint density at radius 3 is 2.63 bits per heavy atom. The predicted octanol–water partition coefficient (Wildman–Crippen LogP) is 3.36. The van der Waals surface area contributed by atoms with Crippen molar-refractivity contribution < 1.29 is 4.79 Å². The minimum Gasteiger partial charge on any atom is -0.381 e. The number of amides is 1. The van der Waals surface area contributed by atoms with E-state index < -0.39 is 5.91 Å². The number of carbonyl (C=O) groups excluding carboxylic acids is 1. The number of primary amides is 1. The van der Waals surface area contributed by atoms with Crippen LogP contribution in [-0.2, 0) is 6.54 Å². The number of halogens is 1. The largest absolute Gasteiger partial charge is 0.381 e. The van der Waals surface area contributed by atoms with Gasteiger partial charge < -0.3 is 11.1 Å². The molecule has 2 aromatic rings. The molecule has 0 unspecified atom stereocenters. The van der Waals surface area contributed by atoms with Crippen LogP contribution in [0.5, 0.6) is 0 Å². The van der Waals surface area contributed by atoms with Crippen molar-refractivity contribution >= 4 is 23.2 Å². The predicted molar refractivity (Wildman–Crippen MR) is 78.5 cm³/mol. The molecule has 0 saturated heterocycles. The average Bonchev–Trinajstić information content (AvgIpc) is 2.37. The molecule has 2 aromatic carbocycles. The molecule has 0 aliphatic carbocycles. The number of nitrogens with one attached hydrogen (secondary N) is 1. The lowest BCUT2D eigenvalue weighted by atomic mass is 10.1. The van der Waals surface area contributed by atoms with Crippen molar-refractivity contribution in [3.05, 3.63) is 64.2 Å². The van der Waals surface area contributed by atoms with Crippen molar-refractivity contribution in [2.24, 2.45) is 5.73 Å². The standard InChI is InChI=1S/C15H15ClN2O/c1-10-4-2-3-5-11(10)9-18-12-6-7-13(15(17)19)14(16)8-12/h2-8,18H,9H2,1H3,(H2,17,19). The third-order valence-electron chi connectivity index (χ3n) is 2.98. The molecule has 0 atom stereocenters. The summed E-state index contributed by atoms with van der Waals surface area (Å²) in [6.45, 7) is 2.78. The topological polar surface area (TPSA) is 55.1 Å². The number of rotatable bonds is 4. The van der Waals surface area contributed by atoms with Gasteiger partial charge in [-0.3, -0.25) is 4.79 Å². The zero-order valence-corrected chi connectivity index (χ0v) is 11.4. The van der Waals surface area contributed by atoms with Crippen molar-refractivity contribution in [2.45, 2.75) is 13.5 Å². The van der Waals surface area contributed by atoms with Crippen LogP contribution < -0.4 is 11.1 Å². The summed E-state index contributed by atoms with van der Waals surface area (Å²) in [6, 6.07) is 13.3. The molecule has 0 spiro atoms. The molecule has 3 nitrogen and oxygen atoms in total. The first-order valence-electron chi connectivity index (χ1n) is 5.95. The van der Waals surface area contributed by atoms with Crippen molar-refractivity contribution in [1.29, 1.82) is 0 Å². The zero-order chi connectivity index (χ0) is 13.8. The number of benzene rings is 2. The van der Waals surface area contributed by atoms with Gasteiger partial charge >= 0.3 is 0 Å². The number of nitrogens with two attached hydrogens (primary N) is 1. The molecule has 0 aliphatic rings. The van der Waals surface area contributed by atoms with Crippen molar-refractivity contribution in [3.63, 3.8) is 0 Å². The number of anilines is 1. The summed E-state index contributed by atoms with van der Waals surface area (Å²) < 4.78 is 0. The minimum absolute atomic E-state index is 0.336. The third-order valence-corrected chi connectivity index (χ3v) is 3.29. The first-order chi connectivity index (χ1) is 9.08. The Labute approximate surface area is 117 Å². The van der Waals surface area contributed by atoms with Crippen LogP contribution in [0.1, 0.15) is 21.5 Å². The Morgan fingerprint density at radius 2 is 2.00 bits per heavy atom. The van der Waals surface area contributed by atoms with E-state index in [1.807, 2.05) is 12.1 Å². The molecular weight excluding hydrogens is 260 g/mol. The summed E-state index contributed by atoms with van der Waals surface area (Å²) in [5, 5.41) is 3.64. The molecule has 0 fully saturated rings. The van der Waals surface area contributed by atoms with Crippen LogP contribution in [-0.4, -0.2) is 5.91 Å². The highest BCUT2D eigenvalue weighted by atomic mass is 35.5. The monoisotopic (exact) mass is 274 g/mol. The lowest BCUT2D eigenvalue weighted by Gasteiger charge is -2.10. The highest BCUT2D eigenvalue weighted by Gasteiger charge is 2.07. The van der Waals surface area contributed by atoms with E-state index in [2.05, 4.69) is 24.4 Å². The van der Waals surface area contributed by atoms with Crippen molar-refractivity contribution in [3.8, 4) is 0 Å². The number of carbonyl (C=O) groups is 1. The van der Waals surface area contributed by atoms with E-state index in [0.717, 1.165) is 5.69 Å². The van der Waals surface area contributed by atoms with E-state index in [4.69, 9.17) is 17.3 Å². The molecule has 0 aromatic heterocycles. The molecule has 3 N–H and O–H groups in total. The fourth-order valence-electron chi connectivity index (χ4n) is 1.83. The second kappa shape index (κ2) is 5.76. The van der Waals surface area contributed by atoms with Crippen LogP contribution in [0, 0.1) is 6.92 Å². The van der Waals surface area contributed by atoms with Gasteiger partial charge in [0.2, 0.25) is 5.91 Å². The number of aryl methyl sites for hydroxylation is 1. The first kappa shape index (κ1) is 13.4. The van der Waals surface area contributed by atoms with E-state index in [-0.39, 0.29) is 0 Å². The van der Waals surface area contributed by atoms with Gasteiger partial charge in [-0.2, -0.15) is 0 Å². The van der Waals surface area contributed by atoms with Gasteiger partial charge in [-0.05, 0) is 36.2 Å². The van der Waals surface area contributed by atoms with Gasteiger partial charge in [0.25, 0.3) is 0 Å². The summed E-state index contributed by atoms with van der Waals surface area (Å²) in [5.74, 6) is -0.518. The van der Waals surface area contributed by atoms with Crippen molar-refractivity contribution in [1.82, 2.24) is 0 Å². The molecule has 0 bridgehead atoms. The SMILES string of the molecule is Cc1ccccc1CNc1ccc(C(N)=O)c(Cl)c1. The van der Waals surface area contributed by atoms with Gasteiger partial charge in [-0.25, -0.2) is 0 Å². The Kier molecular flexibility index (Phi) is 4.07. The van der Waals surface area contributed by atoms with E-state index in [9.17, 15) is 4.79 Å². The third kappa shape index (κ3) is 3.26.